The molecule has 0 aliphatic rings. The SMILES string of the molecule is CO[C@H](Cc1cccnc1)c1cc([C@@H](Cc2cccnc2)OC)cc([C@@H](Cc2cccnc2)OC)c1. The largest absolute Gasteiger partial charge is 0.376 e. The summed E-state index contributed by atoms with van der Waals surface area (Å²) in [6, 6.07) is 18.6. The van der Waals surface area contributed by atoms with Gasteiger partial charge >= 0.3 is 0 Å². The van der Waals surface area contributed by atoms with Gasteiger partial charge in [0.15, 0.2) is 0 Å². The van der Waals surface area contributed by atoms with E-state index in [9.17, 15) is 0 Å². The Labute approximate surface area is 213 Å². The van der Waals surface area contributed by atoms with E-state index in [1.54, 1.807) is 39.9 Å². The van der Waals surface area contributed by atoms with E-state index in [4.69, 9.17) is 14.2 Å². The molecule has 3 heterocycles. The van der Waals surface area contributed by atoms with Crippen LogP contribution in [0.2, 0.25) is 0 Å². The zero-order valence-corrected chi connectivity index (χ0v) is 21.1. The van der Waals surface area contributed by atoms with Crippen molar-refractivity contribution in [1.82, 2.24) is 15.0 Å². The van der Waals surface area contributed by atoms with E-state index in [1.807, 2.05) is 36.8 Å². The molecular formula is C30H33N3O3. The van der Waals surface area contributed by atoms with Crippen LogP contribution in [-0.4, -0.2) is 36.3 Å². The molecule has 6 heteroatoms. The summed E-state index contributed by atoms with van der Waals surface area (Å²) in [6.45, 7) is 0. The van der Waals surface area contributed by atoms with E-state index in [0.29, 0.717) is 19.3 Å². The fraction of sp³-hybridized carbons (Fsp3) is 0.300. The number of hydrogen-bond acceptors (Lipinski definition) is 6. The quantitative estimate of drug-likeness (QED) is 0.259. The van der Waals surface area contributed by atoms with Gasteiger partial charge in [0.25, 0.3) is 0 Å². The Kier molecular flexibility index (Phi) is 9.27. The summed E-state index contributed by atoms with van der Waals surface area (Å²) in [4.78, 5) is 12.8. The molecule has 36 heavy (non-hydrogen) atoms. The lowest BCUT2D eigenvalue weighted by atomic mass is 9.91. The Morgan fingerprint density at radius 2 is 0.833 bits per heavy atom. The summed E-state index contributed by atoms with van der Waals surface area (Å²) in [5.74, 6) is 0. The lowest BCUT2D eigenvalue weighted by Gasteiger charge is -2.24. The number of pyridine rings is 3. The van der Waals surface area contributed by atoms with Crippen molar-refractivity contribution >= 4 is 0 Å². The van der Waals surface area contributed by atoms with Gasteiger partial charge in [0, 0.05) is 77.8 Å². The summed E-state index contributed by atoms with van der Waals surface area (Å²) in [6.07, 6.45) is 12.7. The van der Waals surface area contributed by atoms with Gasteiger partial charge in [0.1, 0.15) is 0 Å². The molecule has 3 aromatic heterocycles. The van der Waals surface area contributed by atoms with Crippen LogP contribution in [0.15, 0.2) is 91.8 Å². The van der Waals surface area contributed by atoms with E-state index in [2.05, 4.69) is 51.4 Å². The summed E-state index contributed by atoms with van der Waals surface area (Å²) in [5, 5.41) is 0. The average Bonchev–Trinajstić information content (AvgIpc) is 2.94. The predicted molar refractivity (Wildman–Crippen MR) is 140 cm³/mol. The number of benzene rings is 1. The molecule has 0 saturated carbocycles. The molecule has 0 spiro atoms. The first-order valence-corrected chi connectivity index (χ1v) is 12.1. The zero-order chi connectivity index (χ0) is 25.2. The fourth-order valence-corrected chi connectivity index (χ4v) is 4.47. The fourth-order valence-electron chi connectivity index (χ4n) is 4.47. The molecule has 3 atom stereocenters. The van der Waals surface area contributed by atoms with Crippen LogP contribution >= 0.6 is 0 Å². The lowest BCUT2D eigenvalue weighted by Crippen LogP contribution is -2.13. The molecule has 186 valence electrons. The van der Waals surface area contributed by atoms with Crippen molar-refractivity contribution in [2.24, 2.45) is 0 Å². The van der Waals surface area contributed by atoms with Crippen molar-refractivity contribution in [1.29, 1.82) is 0 Å². The summed E-state index contributed by atoms with van der Waals surface area (Å²) in [5.41, 5.74) is 6.59. The third-order valence-electron chi connectivity index (χ3n) is 6.40. The van der Waals surface area contributed by atoms with E-state index in [-0.39, 0.29) is 18.3 Å². The van der Waals surface area contributed by atoms with Gasteiger partial charge in [-0.05, 0) is 51.6 Å². The Bertz CT molecular complexity index is 1030. The molecule has 0 radical (unpaired) electrons. The van der Waals surface area contributed by atoms with Gasteiger partial charge in [-0.1, -0.05) is 36.4 Å². The van der Waals surface area contributed by atoms with Crippen LogP contribution in [0.1, 0.15) is 51.7 Å². The van der Waals surface area contributed by atoms with Gasteiger partial charge in [-0.25, -0.2) is 0 Å². The number of rotatable bonds is 12. The maximum atomic E-state index is 5.98. The molecule has 0 aliphatic carbocycles. The highest BCUT2D eigenvalue weighted by molar-refractivity contribution is 5.36. The lowest BCUT2D eigenvalue weighted by molar-refractivity contribution is 0.0927. The molecule has 4 rings (SSSR count). The summed E-state index contributed by atoms with van der Waals surface area (Å²) < 4.78 is 18.0. The molecule has 0 bridgehead atoms. The van der Waals surface area contributed by atoms with Crippen molar-refractivity contribution in [2.75, 3.05) is 21.3 Å². The molecule has 0 unspecified atom stereocenters. The van der Waals surface area contributed by atoms with Crippen LogP contribution in [0.25, 0.3) is 0 Å². The highest BCUT2D eigenvalue weighted by atomic mass is 16.5. The first-order chi connectivity index (χ1) is 17.7. The Morgan fingerprint density at radius 3 is 1.06 bits per heavy atom. The van der Waals surface area contributed by atoms with Crippen molar-refractivity contribution in [3.8, 4) is 0 Å². The summed E-state index contributed by atoms with van der Waals surface area (Å²) in [7, 11) is 5.25. The van der Waals surface area contributed by atoms with Crippen LogP contribution in [-0.2, 0) is 33.5 Å². The normalized spacial score (nSPS) is 13.8. The highest BCUT2D eigenvalue weighted by Gasteiger charge is 2.21. The minimum absolute atomic E-state index is 0.139. The number of ether oxygens (including phenoxy) is 3. The van der Waals surface area contributed by atoms with E-state index < -0.39 is 0 Å². The van der Waals surface area contributed by atoms with Crippen molar-refractivity contribution in [3.05, 3.63) is 125 Å². The second kappa shape index (κ2) is 13.0. The third-order valence-corrected chi connectivity index (χ3v) is 6.40. The first-order valence-electron chi connectivity index (χ1n) is 12.1. The molecule has 4 aromatic rings. The van der Waals surface area contributed by atoms with Gasteiger partial charge < -0.3 is 14.2 Å². The van der Waals surface area contributed by atoms with Gasteiger partial charge in [-0.3, -0.25) is 15.0 Å². The monoisotopic (exact) mass is 483 g/mol. The maximum absolute atomic E-state index is 5.98. The smallest absolute Gasteiger partial charge is 0.0862 e. The van der Waals surface area contributed by atoms with Crippen LogP contribution in [0, 0.1) is 0 Å². The highest BCUT2D eigenvalue weighted by Crippen LogP contribution is 2.33. The third kappa shape index (κ3) is 6.82. The van der Waals surface area contributed by atoms with Crippen LogP contribution in [0.5, 0.6) is 0 Å². The minimum atomic E-state index is -0.139. The molecule has 0 amide bonds. The van der Waals surface area contributed by atoms with E-state index >= 15 is 0 Å². The van der Waals surface area contributed by atoms with Gasteiger partial charge in [-0.2, -0.15) is 0 Å². The summed E-state index contributed by atoms with van der Waals surface area (Å²) >= 11 is 0. The number of aromatic nitrogens is 3. The first kappa shape index (κ1) is 25.6. The molecule has 1 aromatic carbocycles. The van der Waals surface area contributed by atoms with Gasteiger partial charge in [-0.15, -0.1) is 0 Å². The van der Waals surface area contributed by atoms with Crippen LogP contribution in [0.3, 0.4) is 0 Å². The van der Waals surface area contributed by atoms with Crippen molar-refractivity contribution < 1.29 is 14.2 Å². The number of methoxy groups -OCH3 is 3. The molecule has 0 aliphatic heterocycles. The van der Waals surface area contributed by atoms with Gasteiger partial charge in [0.05, 0.1) is 18.3 Å². The molecule has 0 saturated heterocycles. The minimum Gasteiger partial charge on any atom is -0.376 e. The van der Waals surface area contributed by atoms with Crippen molar-refractivity contribution in [3.63, 3.8) is 0 Å². The number of hydrogen-bond donors (Lipinski definition) is 0. The van der Waals surface area contributed by atoms with E-state index in [0.717, 1.165) is 33.4 Å². The molecule has 6 nitrogen and oxygen atoms in total. The predicted octanol–water partition coefficient (Wildman–Crippen LogP) is 5.66. The Balaban J connectivity index is 1.72. The standard InChI is InChI=1S/C30H33N3O3/c1-34-28(13-22-7-4-10-31-19-22)25-16-26(29(35-2)14-23-8-5-11-32-20-23)18-27(17-25)30(36-3)15-24-9-6-12-33-21-24/h4-12,16-21,28-30H,13-15H2,1-3H3/t28-,29-,30-/m1/s1. The number of nitrogens with zero attached hydrogens (tertiary/aromatic N) is 3. The second-order valence-corrected chi connectivity index (χ2v) is 8.80. The van der Waals surface area contributed by atoms with Crippen molar-refractivity contribution in [2.45, 2.75) is 37.6 Å². The molecule has 0 fully saturated rings. The van der Waals surface area contributed by atoms with Gasteiger partial charge in [0.2, 0.25) is 0 Å². The van der Waals surface area contributed by atoms with Crippen LogP contribution < -0.4 is 0 Å². The average molecular weight is 484 g/mol. The Hall–Kier alpha value is -3.45. The molecular weight excluding hydrogens is 450 g/mol. The Morgan fingerprint density at radius 1 is 0.528 bits per heavy atom. The maximum Gasteiger partial charge on any atom is 0.0862 e. The van der Waals surface area contributed by atoms with Crippen LogP contribution in [0.4, 0.5) is 0 Å². The second-order valence-electron chi connectivity index (χ2n) is 8.80. The topological polar surface area (TPSA) is 66.4 Å². The zero-order valence-electron chi connectivity index (χ0n) is 21.1. The molecule has 0 N–H and O–H groups in total. The van der Waals surface area contributed by atoms with E-state index in [1.165, 1.54) is 0 Å².